The Morgan fingerprint density at radius 1 is 1.71 bits per heavy atom. The Balaban J connectivity index is 2.39. The van der Waals surface area contributed by atoms with Gasteiger partial charge in [-0.15, -0.1) is 0 Å². The molecule has 3 atom stereocenters. The van der Waals surface area contributed by atoms with Gasteiger partial charge in [0.25, 0.3) is 0 Å². The highest BCUT2D eigenvalue weighted by atomic mass is 32.1. The van der Waals surface area contributed by atoms with E-state index in [0.29, 0.717) is 5.92 Å². The Bertz CT molecular complexity index is 255. The number of nitrogens with two attached hydrogens (primary N) is 1. The van der Waals surface area contributed by atoms with E-state index in [1.165, 1.54) is 6.42 Å². The molecule has 0 spiro atoms. The lowest BCUT2D eigenvalue weighted by Gasteiger charge is -2.20. The minimum atomic E-state index is -0.330. The van der Waals surface area contributed by atoms with Crippen LogP contribution in [0.1, 0.15) is 20.3 Å². The maximum absolute atomic E-state index is 11.7. The van der Waals surface area contributed by atoms with Crippen molar-refractivity contribution in [2.24, 2.45) is 23.5 Å². The van der Waals surface area contributed by atoms with E-state index in [0.717, 1.165) is 12.5 Å². The maximum atomic E-state index is 11.7. The van der Waals surface area contributed by atoms with Crippen molar-refractivity contribution in [1.82, 2.24) is 4.90 Å². The van der Waals surface area contributed by atoms with Crippen LogP contribution in [0.3, 0.4) is 0 Å². The van der Waals surface area contributed by atoms with E-state index in [1.807, 2.05) is 7.05 Å². The molecule has 0 aromatic carbocycles. The van der Waals surface area contributed by atoms with E-state index in [2.05, 4.69) is 6.92 Å². The van der Waals surface area contributed by atoms with E-state index in [1.54, 1.807) is 11.8 Å². The predicted molar refractivity (Wildman–Crippen MR) is 60.9 cm³/mol. The van der Waals surface area contributed by atoms with Crippen molar-refractivity contribution in [2.45, 2.75) is 20.3 Å². The average Bonchev–Trinajstić information content (AvgIpc) is 2.78. The summed E-state index contributed by atoms with van der Waals surface area (Å²) in [7, 11) is 1.82. The molecule has 4 heteroatoms. The molecule has 1 aliphatic carbocycles. The largest absolute Gasteiger partial charge is 0.393 e. The van der Waals surface area contributed by atoms with Gasteiger partial charge in [-0.3, -0.25) is 4.79 Å². The Labute approximate surface area is 90.6 Å². The van der Waals surface area contributed by atoms with Crippen LogP contribution in [-0.2, 0) is 4.79 Å². The highest BCUT2D eigenvalue weighted by Crippen LogP contribution is 2.38. The first-order valence-electron chi connectivity index (χ1n) is 4.97. The van der Waals surface area contributed by atoms with Crippen molar-refractivity contribution >= 4 is 23.1 Å². The molecule has 80 valence electrons. The van der Waals surface area contributed by atoms with Gasteiger partial charge in [0.2, 0.25) is 5.91 Å². The standard InChI is InChI=1S/C10H18N2OS/c1-6-4-8(6)5-12(3)10(13)7(2)9(11)14/h6-8H,4-5H2,1-3H3,(H2,11,14). The smallest absolute Gasteiger partial charge is 0.231 e. The molecule has 1 fully saturated rings. The number of nitrogens with zero attached hydrogens (tertiary/aromatic N) is 1. The van der Waals surface area contributed by atoms with Crippen molar-refractivity contribution in [2.75, 3.05) is 13.6 Å². The first-order valence-corrected chi connectivity index (χ1v) is 5.38. The fraction of sp³-hybridized carbons (Fsp3) is 0.800. The van der Waals surface area contributed by atoms with Gasteiger partial charge in [-0.05, 0) is 25.2 Å². The zero-order valence-corrected chi connectivity index (χ0v) is 9.80. The lowest BCUT2D eigenvalue weighted by Crippen LogP contribution is -2.38. The lowest BCUT2D eigenvalue weighted by atomic mass is 10.1. The number of hydrogen-bond acceptors (Lipinski definition) is 2. The molecule has 0 aromatic rings. The van der Waals surface area contributed by atoms with Gasteiger partial charge in [-0.25, -0.2) is 0 Å². The highest BCUT2D eigenvalue weighted by Gasteiger charge is 2.34. The van der Waals surface area contributed by atoms with E-state index >= 15 is 0 Å². The van der Waals surface area contributed by atoms with Crippen molar-refractivity contribution in [3.05, 3.63) is 0 Å². The van der Waals surface area contributed by atoms with Gasteiger partial charge in [-0.2, -0.15) is 0 Å². The Morgan fingerprint density at radius 3 is 2.57 bits per heavy atom. The van der Waals surface area contributed by atoms with Crippen molar-refractivity contribution in [3.63, 3.8) is 0 Å². The molecule has 1 aliphatic rings. The van der Waals surface area contributed by atoms with E-state index in [-0.39, 0.29) is 16.8 Å². The topological polar surface area (TPSA) is 46.3 Å². The number of amides is 1. The first kappa shape index (κ1) is 11.4. The van der Waals surface area contributed by atoms with Gasteiger partial charge in [0.05, 0.1) is 10.9 Å². The van der Waals surface area contributed by atoms with Crippen LogP contribution in [-0.4, -0.2) is 29.4 Å². The van der Waals surface area contributed by atoms with Crippen LogP contribution in [0.4, 0.5) is 0 Å². The fourth-order valence-electron chi connectivity index (χ4n) is 1.55. The second-order valence-corrected chi connectivity index (χ2v) is 4.79. The molecular weight excluding hydrogens is 196 g/mol. The molecule has 0 aliphatic heterocycles. The van der Waals surface area contributed by atoms with Crippen LogP contribution < -0.4 is 5.73 Å². The molecular formula is C10H18N2OS. The molecule has 1 amide bonds. The zero-order valence-electron chi connectivity index (χ0n) is 8.99. The Hall–Kier alpha value is -0.640. The minimum absolute atomic E-state index is 0.0385. The Morgan fingerprint density at radius 2 is 2.21 bits per heavy atom. The van der Waals surface area contributed by atoms with Crippen molar-refractivity contribution < 1.29 is 4.79 Å². The van der Waals surface area contributed by atoms with E-state index in [4.69, 9.17) is 18.0 Å². The zero-order chi connectivity index (χ0) is 10.9. The molecule has 2 N–H and O–H groups in total. The molecule has 0 bridgehead atoms. The average molecular weight is 214 g/mol. The van der Waals surface area contributed by atoms with E-state index < -0.39 is 0 Å². The van der Waals surface area contributed by atoms with Crippen LogP contribution >= 0.6 is 12.2 Å². The summed E-state index contributed by atoms with van der Waals surface area (Å²) in [6.45, 7) is 4.81. The molecule has 14 heavy (non-hydrogen) atoms. The van der Waals surface area contributed by atoms with Crippen molar-refractivity contribution in [3.8, 4) is 0 Å². The van der Waals surface area contributed by atoms with Gasteiger partial charge >= 0.3 is 0 Å². The summed E-state index contributed by atoms with van der Waals surface area (Å²) < 4.78 is 0. The molecule has 0 radical (unpaired) electrons. The summed E-state index contributed by atoms with van der Waals surface area (Å²) in [5.41, 5.74) is 5.43. The second kappa shape index (κ2) is 4.26. The first-order chi connectivity index (χ1) is 6.43. The number of carbonyl (C=O) groups excluding carboxylic acids is 1. The highest BCUT2D eigenvalue weighted by molar-refractivity contribution is 7.80. The lowest BCUT2D eigenvalue weighted by molar-refractivity contribution is -0.131. The number of rotatable bonds is 4. The summed E-state index contributed by atoms with van der Waals surface area (Å²) in [5, 5.41) is 0. The van der Waals surface area contributed by atoms with Gasteiger partial charge in [-0.1, -0.05) is 19.1 Å². The summed E-state index contributed by atoms with van der Waals surface area (Å²) in [6, 6.07) is 0. The second-order valence-electron chi connectivity index (χ2n) is 4.32. The molecule has 0 heterocycles. The number of carbonyl (C=O) groups is 1. The quantitative estimate of drug-likeness (QED) is 0.711. The van der Waals surface area contributed by atoms with Crippen LogP contribution in [0.2, 0.25) is 0 Å². The summed E-state index contributed by atoms with van der Waals surface area (Å²) >= 11 is 4.80. The SMILES string of the molecule is CC(C(=O)N(C)CC1CC1C)C(N)=S. The normalized spacial score (nSPS) is 26.8. The van der Waals surface area contributed by atoms with Gasteiger partial charge in [0, 0.05) is 13.6 Å². The van der Waals surface area contributed by atoms with Crippen molar-refractivity contribution in [1.29, 1.82) is 0 Å². The van der Waals surface area contributed by atoms with Crippen LogP contribution in [0.15, 0.2) is 0 Å². The van der Waals surface area contributed by atoms with Gasteiger partial charge in [0.1, 0.15) is 0 Å². The third kappa shape index (κ3) is 2.67. The molecule has 3 unspecified atom stereocenters. The fourth-order valence-corrected chi connectivity index (χ4v) is 1.65. The van der Waals surface area contributed by atoms with Gasteiger partial charge < -0.3 is 10.6 Å². The number of hydrogen-bond donors (Lipinski definition) is 1. The third-order valence-electron chi connectivity index (χ3n) is 2.96. The third-order valence-corrected chi connectivity index (χ3v) is 3.31. The molecule has 0 aromatic heterocycles. The maximum Gasteiger partial charge on any atom is 0.231 e. The minimum Gasteiger partial charge on any atom is -0.393 e. The molecule has 0 saturated heterocycles. The van der Waals surface area contributed by atoms with E-state index in [9.17, 15) is 4.79 Å². The summed E-state index contributed by atoms with van der Waals surface area (Å²) in [4.78, 5) is 13.7. The molecule has 3 nitrogen and oxygen atoms in total. The van der Waals surface area contributed by atoms with Crippen LogP contribution in [0.5, 0.6) is 0 Å². The van der Waals surface area contributed by atoms with Gasteiger partial charge in [0.15, 0.2) is 0 Å². The summed E-state index contributed by atoms with van der Waals surface area (Å²) in [5.74, 6) is 1.16. The predicted octanol–water partition coefficient (Wildman–Crippen LogP) is 1.02. The monoisotopic (exact) mass is 214 g/mol. The van der Waals surface area contributed by atoms with Crippen LogP contribution in [0.25, 0.3) is 0 Å². The number of thiocarbonyl (C=S) groups is 1. The van der Waals surface area contributed by atoms with Crippen LogP contribution in [0, 0.1) is 17.8 Å². The Kier molecular flexibility index (Phi) is 3.48. The molecule has 1 rings (SSSR count). The molecule has 1 saturated carbocycles. The summed E-state index contributed by atoms with van der Waals surface area (Å²) in [6.07, 6.45) is 1.24.